The molecule has 0 heterocycles. The third-order valence-corrected chi connectivity index (χ3v) is 13.4. The Bertz CT molecular complexity index is 1400. The van der Waals surface area contributed by atoms with Crippen LogP contribution in [0.4, 0.5) is 0 Å². The Kier molecular flexibility index (Phi) is 58.3. The topological polar surface area (TPSA) is 78.9 Å². The SMILES string of the molecule is CC/C=C\C/C=C\C/C=C\C/C=C\C/C=C\C/C=C\CCCCCCCCCCCCCCC(=O)OCC(COC(=O)CCCCCCC)OC(=O)CCCCCCCCCCC/C=C\CCCCCCCC. The van der Waals surface area contributed by atoms with Gasteiger partial charge in [0, 0.05) is 19.3 Å². The second kappa shape index (κ2) is 61.1. The fourth-order valence-electron chi connectivity index (χ4n) is 8.74. The molecule has 0 saturated carbocycles. The van der Waals surface area contributed by atoms with E-state index in [9.17, 15) is 14.4 Å². The normalized spacial score (nSPS) is 12.6. The van der Waals surface area contributed by atoms with Crippen LogP contribution < -0.4 is 0 Å². The summed E-state index contributed by atoms with van der Waals surface area (Å²) in [6.07, 6.45) is 80.6. The van der Waals surface area contributed by atoms with Crippen LogP contribution in [0.15, 0.2) is 85.1 Å². The van der Waals surface area contributed by atoms with Gasteiger partial charge >= 0.3 is 17.9 Å². The van der Waals surface area contributed by atoms with Crippen LogP contribution >= 0.6 is 0 Å². The molecule has 0 aromatic heterocycles. The van der Waals surface area contributed by atoms with Crippen LogP contribution in [0.1, 0.15) is 303 Å². The number of esters is 3. The molecule has 0 aromatic carbocycles. The monoisotopic (exact) mass is 1020 g/mol. The number of ether oxygens (including phenoxy) is 3. The highest BCUT2D eigenvalue weighted by atomic mass is 16.6. The number of unbranched alkanes of at least 4 members (excludes halogenated alkanes) is 31. The lowest BCUT2D eigenvalue weighted by atomic mass is 10.0. The zero-order chi connectivity index (χ0) is 52.9. The Morgan fingerprint density at radius 3 is 0.849 bits per heavy atom. The number of carbonyl (C=O) groups excluding carboxylic acids is 3. The number of hydrogen-bond acceptors (Lipinski definition) is 6. The molecular formula is C67H116O6. The summed E-state index contributed by atoms with van der Waals surface area (Å²) in [4.78, 5) is 37.9. The van der Waals surface area contributed by atoms with Gasteiger partial charge in [-0.05, 0) is 96.3 Å². The molecule has 6 nitrogen and oxygen atoms in total. The van der Waals surface area contributed by atoms with E-state index in [0.717, 1.165) is 103 Å². The third kappa shape index (κ3) is 59.3. The van der Waals surface area contributed by atoms with E-state index in [0.29, 0.717) is 19.3 Å². The van der Waals surface area contributed by atoms with E-state index >= 15 is 0 Å². The first kappa shape index (κ1) is 69.6. The minimum absolute atomic E-state index is 0.0760. The van der Waals surface area contributed by atoms with Crippen LogP contribution in [-0.4, -0.2) is 37.2 Å². The standard InChI is InChI=1S/C67H116O6/c1-4-7-10-13-15-17-19-21-23-25-27-28-29-30-31-32-33-34-35-36-37-38-40-41-43-45-47-49-51-54-57-60-66(69)72-63-64(62-71-65(68)59-56-53-12-9-6-3)73-67(70)61-58-55-52-50-48-46-44-42-39-26-24-22-20-18-16-14-11-8-5-2/h7,10,15,17,21-24,27-28,30-31,33-34,64H,4-6,8-9,11-14,16,18-20,25-26,29,32,35-63H2,1-3H3/b10-7-,17-15-,23-21-,24-22-,28-27-,31-30-,34-33-. The molecule has 0 aliphatic carbocycles. The van der Waals surface area contributed by atoms with Crippen LogP contribution in [0, 0.1) is 0 Å². The van der Waals surface area contributed by atoms with Gasteiger partial charge in [-0.1, -0.05) is 273 Å². The molecular weight excluding hydrogens is 901 g/mol. The number of rotatable bonds is 56. The van der Waals surface area contributed by atoms with Gasteiger partial charge < -0.3 is 14.2 Å². The molecule has 0 bridgehead atoms. The summed E-state index contributed by atoms with van der Waals surface area (Å²) < 4.78 is 16.8. The molecule has 0 aromatic rings. The predicted molar refractivity (Wildman–Crippen MR) is 316 cm³/mol. The second-order valence-electron chi connectivity index (χ2n) is 20.6. The van der Waals surface area contributed by atoms with E-state index in [1.165, 1.54) is 161 Å². The van der Waals surface area contributed by atoms with Crippen molar-refractivity contribution in [1.82, 2.24) is 0 Å². The van der Waals surface area contributed by atoms with Crippen molar-refractivity contribution >= 4 is 17.9 Å². The lowest BCUT2D eigenvalue weighted by Gasteiger charge is -2.18. The molecule has 0 fully saturated rings. The lowest BCUT2D eigenvalue weighted by Crippen LogP contribution is -2.30. The van der Waals surface area contributed by atoms with Crippen LogP contribution in [0.2, 0.25) is 0 Å². The molecule has 420 valence electrons. The van der Waals surface area contributed by atoms with Gasteiger partial charge in [0.05, 0.1) is 0 Å². The maximum atomic E-state index is 12.8. The van der Waals surface area contributed by atoms with Crippen molar-refractivity contribution in [2.45, 2.75) is 309 Å². The number of allylic oxidation sites excluding steroid dienone is 14. The smallest absolute Gasteiger partial charge is 0.306 e. The van der Waals surface area contributed by atoms with Gasteiger partial charge in [0.25, 0.3) is 0 Å². The zero-order valence-electron chi connectivity index (χ0n) is 48.1. The number of hydrogen-bond donors (Lipinski definition) is 0. The molecule has 6 heteroatoms. The molecule has 0 saturated heterocycles. The van der Waals surface area contributed by atoms with E-state index in [2.05, 4.69) is 106 Å². The highest BCUT2D eigenvalue weighted by Crippen LogP contribution is 2.16. The van der Waals surface area contributed by atoms with Gasteiger partial charge in [0.15, 0.2) is 6.10 Å². The molecule has 1 atom stereocenters. The molecule has 0 spiro atoms. The highest BCUT2D eigenvalue weighted by molar-refractivity contribution is 5.71. The maximum absolute atomic E-state index is 12.8. The van der Waals surface area contributed by atoms with Crippen molar-refractivity contribution in [3.8, 4) is 0 Å². The van der Waals surface area contributed by atoms with Gasteiger partial charge in [-0.2, -0.15) is 0 Å². The Labute approximate surface area is 452 Å². The van der Waals surface area contributed by atoms with E-state index in [1.807, 2.05) is 0 Å². The lowest BCUT2D eigenvalue weighted by molar-refractivity contribution is -0.167. The fourth-order valence-corrected chi connectivity index (χ4v) is 8.74. The first-order valence-electron chi connectivity index (χ1n) is 31.1. The second-order valence-corrected chi connectivity index (χ2v) is 20.6. The van der Waals surface area contributed by atoms with Crippen molar-refractivity contribution in [2.75, 3.05) is 13.2 Å². The van der Waals surface area contributed by atoms with Crippen molar-refractivity contribution in [3.63, 3.8) is 0 Å². The summed E-state index contributed by atoms with van der Waals surface area (Å²) in [5.74, 6) is -0.885. The Morgan fingerprint density at radius 1 is 0.288 bits per heavy atom. The third-order valence-electron chi connectivity index (χ3n) is 13.4. The average Bonchev–Trinajstić information content (AvgIpc) is 3.39. The van der Waals surface area contributed by atoms with Gasteiger partial charge in [-0.25, -0.2) is 0 Å². The molecule has 0 aliphatic rings. The summed E-state index contributed by atoms with van der Waals surface area (Å²) in [7, 11) is 0. The Balaban J connectivity index is 4.02. The van der Waals surface area contributed by atoms with E-state index in [-0.39, 0.29) is 31.1 Å². The van der Waals surface area contributed by atoms with Crippen molar-refractivity contribution in [3.05, 3.63) is 85.1 Å². The van der Waals surface area contributed by atoms with Crippen molar-refractivity contribution in [1.29, 1.82) is 0 Å². The summed E-state index contributed by atoms with van der Waals surface area (Å²) in [6.45, 7) is 6.46. The quantitative estimate of drug-likeness (QED) is 0.0261. The summed E-state index contributed by atoms with van der Waals surface area (Å²) >= 11 is 0. The summed E-state index contributed by atoms with van der Waals surface area (Å²) in [5, 5.41) is 0. The molecule has 0 amide bonds. The molecule has 73 heavy (non-hydrogen) atoms. The maximum Gasteiger partial charge on any atom is 0.306 e. The van der Waals surface area contributed by atoms with Crippen LogP contribution in [0.25, 0.3) is 0 Å². The Hall–Kier alpha value is -3.41. The molecule has 0 radical (unpaired) electrons. The van der Waals surface area contributed by atoms with Crippen molar-refractivity contribution in [2.24, 2.45) is 0 Å². The van der Waals surface area contributed by atoms with Crippen molar-refractivity contribution < 1.29 is 28.6 Å². The minimum Gasteiger partial charge on any atom is -0.462 e. The zero-order valence-corrected chi connectivity index (χ0v) is 48.1. The summed E-state index contributed by atoms with van der Waals surface area (Å²) in [5.41, 5.74) is 0. The molecule has 1 unspecified atom stereocenters. The fraction of sp³-hybridized carbons (Fsp3) is 0.746. The van der Waals surface area contributed by atoms with Gasteiger partial charge in [-0.15, -0.1) is 0 Å². The average molecular weight is 1020 g/mol. The van der Waals surface area contributed by atoms with Gasteiger partial charge in [-0.3, -0.25) is 14.4 Å². The van der Waals surface area contributed by atoms with Gasteiger partial charge in [0.2, 0.25) is 0 Å². The predicted octanol–water partition coefficient (Wildman–Crippen LogP) is 21.1. The van der Waals surface area contributed by atoms with Crippen LogP contribution in [-0.2, 0) is 28.6 Å². The molecule has 0 rings (SSSR count). The molecule has 0 N–H and O–H groups in total. The number of carbonyl (C=O) groups is 3. The van der Waals surface area contributed by atoms with E-state index < -0.39 is 6.10 Å². The largest absolute Gasteiger partial charge is 0.462 e. The highest BCUT2D eigenvalue weighted by Gasteiger charge is 2.19. The van der Waals surface area contributed by atoms with Gasteiger partial charge in [0.1, 0.15) is 13.2 Å². The first-order valence-corrected chi connectivity index (χ1v) is 31.1. The first-order chi connectivity index (χ1) is 36.0. The van der Waals surface area contributed by atoms with Crippen LogP contribution in [0.5, 0.6) is 0 Å². The summed E-state index contributed by atoms with van der Waals surface area (Å²) in [6, 6.07) is 0. The molecule has 0 aliphatic heterocycles. The van der Waals surface area contributed by atoms with E-state index in [1.54, 1.807) is 0 Å². The Morgan fingerprint density at radius 2 is 0.534 bits per heavy atom. The minimum atomic E-state index is -0.773. The van der Waals surface area contributed by atoms with Crippen LogP contribution in [0.3, 0.4) is 0 Å². The van der Waals surface area contributed by atoms with E-state index in [4.69, 9.17) is 14.2 Å².